The molecule has 0 spiro atoms. The minimum atomic E-state index is -2.55. The average Bonchev–Trinajstić information content (AvgIpc) is 3.04. The van der Waals surface area contributed by atoms with Gasteiger partial charge < -0.3 is 20.9 Å². The molecule has 1 aromatic heterocycles. The Morgan fingerprint density at radius 2 is 1.76 bits per heavy atom. The molecule has 2 saturated heterocycles. The molecule has 1 saturated carbocycles. The summed E-state index contributed by atoms with van der Waals surface area (Å²) in [7, 11) is 0. The predicted octanol–water partition coefficient (Wildman–Crippen LogP) is 8.77. The number of unbranched alkanes of at least 4 members (excludes halogenated alkanes) is 1. The van der Waals surface area contributed by atoms with Crippen molar-refractivity contribution < 1.29 is 8.78 Å². The van der Waals surface area contributed by atoms with E-state index in [0.717, 1.165) is 70.0 Å². The van der Waals surface area contributed by atoms with Crippen LogP contribution in [0.15, 0.2) is 66.2 Å². The quantitative estimate of drug-likeness (QED) is 0.108. The maximum Gasteiger partial charge on any atom is 0.264 e. The summed E-state index contributed by atoms with van der Waals surface area (Å²) < 4.78 is 28.3. The van der Waals surface area contributed by atoms with Crippen LogP contribution in [0.25, 0.3) is 0 Å². The molecule has 2 aliphatic heterocycles. The Morgan fingerprint density at radius 3 is 2.38 bits per heavy atom. The van der Waals surface area contributed by atoms with Crippen LogP contribution in [0.1, 0.15) is 76.7 Å². The normalized spacial score (nSPS) is 19.2. The van der Waals surface area contributed by atoms with Gasteiger partial charge >= 0.3 is 0 Å². The van der Waals surface area contributed by atoms with E-state index in [4.69, 9.17) is 17.3 Å². The maximum absolute atomic E-state index is 13.0. The number of benzene rings is 1. The van der Waals surface area contributed by atoms with Crippen molar-refractivity contribution in [3.8, 4) is 0 Å². The second kappa shape index (κ2) is 17.5. The number of nitrogens with zero attached hydrogens (tertiary/aromatic N) is 4. The van der Waals surface area contributed by atoms with Crippen LogP contribution in [-0.4, -0.2) is 65.5 Å². The zero-order valence-electron chi connectivity index (χ0n) is 26.8. The van der Waals surface area contributed by atoms with Crippen molar-refractivity contribution in [3.05, 3.63) is 72.0 Å². The van der Waals surface area contributed by atoms with E-state index in [0.29, 0.717) is 18.9 Å². The van der Waals surface area contributed by atoms with Gasteiger partial charge in [0.2, 0.25) is 0 Å². The molecule has 3 fully saturated rings. The molecule has 0 atom stereocenters. The average molecular weight is 661 g/mol. The summed E-state index contributed by atoms with van der Waals surface area (Å²) in [5.74, 6) is 1.28. The second-order valence-corrected chi connectivity index (χ2v) is 14.3. The smallest absolute Gasteiger partial charge is 0.264 e. The molecule has 2 aromatic rings. The molecular weight excluding hydrogens is 610 g/mol. The third-order valence-corrected chi connectivity index (χ3v) is 10.3. The van der Waals surface area contributed by atoms with Crippen LogP contribution in [0.3, 0.4) is 0 Å². The summed E-state index contributed by atoms with van der Waals surface area (Å²) in [5, 5.41) is 3.51. The van der Waals surface area contributed by atoms with Gasteiger partial charge in [0.05, 0.1) is 0 Å². The number of allylic oxidation sites excluding steroid dienone is 2. The van der Waals surface area contributed by atoms with Crippen LogP contribution in [0.5, 0.6) is 0 Å². The number of aromatic nitrogens is 1. The Morgan fingerprint density at radius 1 is 1.09 bits per heavy atom. The molecule has 1 aliphatic carbocycles. The predicted molar refractivity (Wildman–Crippen MR) is 187 cm³/mol. The standard InChI is InChI=1S/C21H25ClF2N4S.C14H26N2/c1-2-3-4-9-25-17-5-7-18(8-6-17)29-28-12-10-27(11-13-28)20-15-16(21(23)24)14-19(22)26-20;1-12(13-6-4-3-5-7-13)16-10-8-14(2,15)9-11-16/h2,5-8,14-15,21,25H,1,3-4,9-13H2;13H,1,3-11,15H2,2H3. The molecule has 3 aliphatic rings. The molecule has 6 nitrogen and oxygen atoms in total. The molecule has 1 aromatic carbocycles. The molecule has 0 bridgehead atoms. The molecule has 0 radical (unpaired) electrons. The first-order valence-electron chi connectivity index (χ1n) is 16.4. The van der Waals surface area contributed by atoms with E-state index in [1.807, 2.05) is 11.0 Å². The summed E-state index contributed by atoms with van der Waals surface area (Å²) in [6, 6.07) is 11.1. The van der Waals surface area contributed by atoms with Gasteiger partial charge in [0.15, 0.2) is 0 Å². The van der Waals surface area contributed by atoms with Crippen LogP contribution < -0.4 is 16.0 Å². The molecule has 10 heteroatoms. The number of pyridine rings is 1. The lowest BCUT2D eigenvalue weighted by molar-refractivity contribution is 0.151. The number of piperidine rings is 1. The summed E-state index contributed by atoms with van der Waals surface area (Å²) in [4.78, 5) is 9.89. The van der Waals surface area contributed by atoms with E-state index in [-0.39, 0.29) is 16.3 Å². The van der Waals surface area contributed by atoms with Crippen LogP contribution >= 0.6 is 23.5 Å². The second-order valence-electron chi connectivity index (χ2n) is 12.7. The van der Waals surface area contributed by atoms with Crippen molar-refractivity contribution in [1.82, 2.24) is 14.2 Å². The Kier molecular flexibility index (Phi) is 13.9. The SMILES string of the molecule is C=C(C1CCCCC1)N1CCC(C)(N)CC1.C=CCCCNc1ccc(SN2CCN(c3cc(C(F)F)cc(Cl)n3)CC2)cc1. The van der Waals surface area contributed by atoms with Crippen molar-refractivity contribution >= 4 is 35.1 Å². The molecular formula is C35H51ClF2N6S. The number of rotatable bonds is 11. The summed E-state index contributed by atoms with van der Waals surface area (Å²) in [5.41, 5.74) is 8.65. The van der Waals surface area contributed by atoms with Gasteiger partial charge in [-0.3, -0.25) is 0 Å². The monoisotopic (exact) mass is 660 g/mol. The molecule has 248 valence electrons. The Bertz CT molecular complexity index is 1200. The number of nitrogens with two attached hydrogens (primary N) is 1. The van der Waals surface area contributed by atoms with E-state index in [1.165, 1.54) is 54.8 Å². The Balaban J connectivity index is 0.000000242. The van der Waals surface area contributed by atoms with Gasteiger partial charge in [-0.15, -0.1) is 6.58 Å². The number of hydrogen-bond acceptors (Lipinski definition) is 7. The summed E-state index contributed by atoms with van der Waals surface area (Å²) >= 11 is 7.63. The zero-order valence-corrected chi connectivity index (χ0v) is 28.4. The van der Waals surface area contributed by atoms with Crippen LogP contribution in [0.4, 0.5) is 20.3 Å². The third kappa shape index (κ3) is 11.5. The van der Waals surface area contributed by atoms with Crippen molar-refractivity contribution in [2.45, 2.75) is 81.6 Å². The van der Waals surface area contributed by atoms with Gasteiger partial charge in [-0.05, 0) is 99.7 Å². The van der Waals surface area contributed by atoms with Gasteiger partial charge in [-0.2, -0.15) is 0 Å². The summed E-state index contributed by atoms with van der Waals surface area (Å²) in [6.45, 7) is 16.5. The molecule has 3 heterocycles. The molecule has 0 amide bonds. The number of anilines is 2. The lowest BCUT2D eigenvalue weighted by Gasteiger charge is -2.41. The highest BCUT2D eigenvalue weighted by molar-refractivity contribution is 7.97. The van der Waals surface area contributed by atoms with Gasteiger partial charge in [-0.25, -0.2) is 18.1 Å². The minimum Gasteiger partial charge on any atom is -0.385 e. The van der Waals surface area contributed by atoms with Gasteiger partial charge in [0.1, 0.15) is 11.0 Å². The first-order valence-corrected chi connectivity index (χ1v) is 17.6. The largest absolute Gasteiger partial charge is 0.385 e. The van der Waals surface area contributed by atoms with Crippen molar-refractivity contribution in [3.63, 3.8) is 0 Å². The molecule has 45 heavy (non-hydrogen) atoms. The number of nitrogens with one attached hydrogen (secondary N) is 1. The van der Waals surface area contributed by atoms with E-state index < -0.39 is 6.43 Å². The van der Waals surface area contributed by atoms with E-state index in [1.54, 1.807) is 11.9 Å². The first-order chi connectivity index (χ1) is 21.6. The topological polar surface area (TPSA) is 60.7 Å². The first kappa shape index (κ1) is 35.5. The minimum absolute atomic E-state index is 0.0589. The van der Waals surface area contributed by atoms with E-state index in [2.05, 4.69) is 63.9 Å². The fourth-order valence-corrected chi connectivity index (χ4v) is 7.17. The van der Waals surface area contributed by atoms with Crippen LogP contribution in [0.2, 0.25) is 5.15 Å². The fourth-order valence-electron chi connectivity index (χ4n) is 6.06. The Hall–Kier alpha value is -2.33. The maximum atomic E-state index is 13.0. The summed E-state index contributed by atoms with van der Waals surface area (Å²) in [6.07, 6.45) is 10.6. The number of alkyl halides is 2. The number of halogens is 3. The molecule has 3 N–H and O–H groups in total. The third-order valence-electron chi connectivity index (χ3n) is 9.01. The van der Waals surface area contributed by atoms with E-state index in [9.17, 15) is 8.78 Å². The van der Waals surface area contributed by atoms with Gasteiger partial charge in [0.25, 0.3) is 6.43 Å². The number of hydrogen-bond donors (Lipinski definition) is 2. The van der Waals surface area contributed by atoms with Crippen molar-refractivity contribution in [1.29, 1.82) is 0 Å². The molecule has 0 unspecified atom stereocenters. The lowest BCUT2D eigenvalue weighted by atomic mass is 9.85. The highest BCUT2D eigenvalue weighted by Crippen LogP contribution is 2.33. The van der Waals surface area contributed by atoms with Crippen LogP contribution in [0, 0.1) is 5.92 Å². The highest BCUT2D eigenvalue weighted by Gasteiger charge is 2.29. The number of likely N-dealkylation sites (tertiary alicyclic amines) is 1. The highest BCUT2D eigenvalue weighted by atomic mass is 35.5. The van der Waals surface area contributed by atoms with Gasteiger partial charge in [-0.1, -0.05) is 43.5 Å². The van der Waals surface area contributed by atoms with Crippen molar-refractivity contribution in [2.75, 3.05) is 56.0 Å². The van der Waals surface area contributed by atoms with E-state index >= 15 is 0 Å². The van der Waals surface area contributed by atoms with Crippen molar-refractivity contribution in [2.24, 2.45) is 11.7 Å². The fraction of sp³-hybridized carbons (Fsp3) is 0.571. The Labute approximate surface area is 278 Å². The lowest BCUT2D eigenvalue weighted by Crippen LogP contribution is -2.48. The number of piperazine rings is 1. The molecule has 5 rings (SSSR count). The zero-order chi connectivity index (χ0) is 32.2. The van der Waals surface area contributed by atoms with Crippen LogP contribution in [-0.2, 0) is 0 Å². The van der Waals surface area contributed by atoms with Gasteiger partial charge in [0, 0.05) is 73.2 Å².